The van der Waals surface area contributed by atoms with Gasteiger partial charge >= 0.3 is 0 Å². The van der Waals surface area contributed by atoms with E-state index in [1.807, 2.05) is 0 Å². The van der Waals surface area contributed by atoms with Crippen molar-refractivity contribution in [2.75, 3.05) is 0 Å². The van der Waals surface area contributed by atoms with Gasteiger partial charge in [-0.2, -0.15) is 10.5 Å². The Hall–Kier alpha value is -2.69. The first kappa shape index (κ1) is 9.31. The number of hydrogen-bond donors (Lipinski definition) is 0. The van der Waals surface area contributed by atoms with Crippen molar-refractivity contribution < 1.29 is 0 Å². The average Bonchev–Trinajstić information content (AvgIpc) is 2.10. The average molecular weight is 149 g/mol. The standard InChI is InChI=1S/C10HN2/c11-9-7-5-3-1-2-4-6-8-10-12/h7H/q+1. The molecule has 0 amide bonds. The highest BCUT2D eigenvalue weighted by molar-refractivity contribution is 5.01. The Kier molecular flexibility index (Phi) is 6.45. The highest BCUT2D eigenvalue weighted by Gasteiger charge is 1.66. The molecular formula is C10HN2+. The van der Waals surface area contributed by atoms with Gasteiger partial charge < -0.3 is 0 Å². The minimum Gasteiger partial charge on any atom is -0.192 e. The van der Waals surface area contributed by atoms with Gasteiger partial charge in [-0.3, -0.25) is 0 Å². The Balaban J connectivity index is 4.95. The number of nitrogens with zero attached hydrogens (tertiary/aromatic N) is 2. The third-order valence-electron chi connectivity index (χ3n) is 0.577. The summed E-state index contributed by atoms with van der Waals surface area (Å²) in [6.07, 6.45) is 3.20. The van der Waals surface area contributed by atoms with Gasteiger partial charge in [-0.1, -0.05) is 0 Å². The highest BCUT2D eigenvalue weighted by atomic mass is 14.2. The van der Waals surface area contributed by atoms with E-state index < -0.39 is 0 Å². The molecule has 0 aromatic carbocycles. The fraction of sp³-hybridized carbons (Fsp3) is 0. The topological polar surface area (TPSA) is 47.6 Å². The molecule has 0 aliphatic carbocycles. The van der Waals surface area contributed by atoms with E-state index in [-0.39, 0.29) is 0 Å². The summed E-state index contributed by atoms with van der Waals surface area (Å²) in [4.78, 5) is 0. The van der Waals surface area contributed by atoms with Crippen molar-refractivity contribution in [2.45, 2.75) is 0 Å². The van der Waals surface area contributed by atoms with Crippen LogP contribution in [0.4, 0.5) is 0 Å². The monoisotopic (exact) mass is 149 g/mol. The van der Waals surface area contributed by atoms with E-state index in [1.165, 1.54) is 0 Å². The lowest BCUT2D eigenvalue weighted by molar-refractivity contribution is 1.52. The quantitative estimate of drug-likeness (QED) is 0.296. The maximum absolute atomic E-state index is 8.01. The van der Waals surface area contributed by atoms with Crippen LogP contribution in [0.1, 0.15) is 0 Å². The molecular weight excluding hydrogens is 148 g/mol. The third kappa shape index (κ3) is 7.31. The van der Waals surface area contributed by atoms with Crippen LogP contribution in [0.2, 0.25) is 0 Å². The smallest absolute Gasteiger partial charge is 0.192 e. The number of allylic oxidation sites excluding steroid dienone is 2. The van der Waals surface area contributed by atoms with Crippen molar-refractivity contribution in [1.29, 1.82) is 10.5 Å². The lowest BCUT2D eigenvalue weighted by atomic mass is 10.6. The predicted molar refractivity (Wildman–Crippen MR) is 40.1 cm³/mol. The van der Waals surface area contributed by atoms with Crippen LogP contribution in [-0.2, 0) is 0 Å². The molecule has 0 heterocycles. The molecule has 0 N–H and O–H groups in total. The summed E-state index contributed by atoms with van der Waals surface area (Å²) in [7, 11) is 0. The lowest BCUT2D eigenvalue weighted by Crippen LogP contribution is -1.34. The molecule has 12 heavy (non-hydrogen) atoms. The van der Waals surface area contributed by atoms with Crippen molar-refractivity contribution in [3.63, 3.8) is 0 Å². The zero-order valence-electron chi connectivity index (χ0n) is 5.97. The van der Waals surface area contributed by atoms with Crippen LogP contribution in [0.15, 0.2) is 40.5 Å². The van der Waals surface area contributed by atoms with Crippen LogP contribution < -0.4 is 0 Å². The van der Waals surface area contributed by atoms with Crippen molar-refractivity contribution in [1.82, 2.24) is 0 Å². The van der Waals surface area contributed by atoms with Gasteiger partial charge in [0.2, 0.25) is 11.5 Å². The molecule has 2 heteroatoms. The summed E-state index contributed by atoms with van der Waals surface area (Å²) in [5.74, 6) is 0. The van der Waals surface area contributed by atoms with Crippen LogP contribution in [0.25, 0.3) is 0 Å². The minimum absolute atomic E-state index is 1.12. The first-order valence-electron chi connectivity index (χ1n) is 2.77. The van der Waals surface area contributed by atoms with E-state index in [0.29, 0.717) is 0 Å². The molecule has 0 saturated carbocycles. The first-order chi connectivity index (χ1) is 5.91. The largest absolute Gasteiger partial charge is 0.276 e. The number of hydrogen-bond acceptors (Lipinski definition) is 2. The van der Waals surface area contributed by atoms with Crippen LogP contribution in [0.3, 0.4) is 0 Å². The Labute approximate surface area is 70.0 Å². The van der Waals surface area contributed by atoms with Crippen LogP contribution in [0.5, 0.6) is 0 Å². The van der Waals surface area contributed by atoms with E-state index in [2.05, 4.69) is 40.5 Å². The van der Waals surface area contributed by atoms with Gasteiger partial charge in [0, 0.05) is 5.73 Å². The molecule has 0 atom stereocenters. The molecule has 0 unspecified atom stereocenters. The number of rotatable bonds is 0. The molecule has 0 aromatic rings. The van der Waals surface area contributed by atoms with Gasteiger partial charge in [0.15, 0.2) is 0 Å². The Morgan fingerprint density at radius 3 is 2.42 bits per heavy atom. The summed E-state index contributed by atoms with van der Waals surface area (Å²) in [5, 5.41) is 16.0. The van der Waals surface area contributed by atoms with Crippen molar-refractivity contribution in [2.24, 2.45) is 0 Å². The second-order valence-electron chi connectivity index (χ2n) is 1.28. The van der Waals surface area contributed by atoms with Gasteiger partial charge in [0.05, 0.1) is 6.08 Å². The molecule has 0 radical (unpaired) electrons. The summed E-state index contributed by atoms with van der Waals surface area (Å²) >= 11 is 0. The van der Waals surface area contributed by atoms with E-state index in [4.69, 9.17) is 10.5 Å². The molecule has 0 aromatic heterocycles. The molecule has 2 nitrogen and oxygen atoms in total. The second kappa shape index (κ2) is 8.31. The molecule has 0 saturated heterocycles. The van der Waals surface area contributed by atoms with Gasteiger partial charge in [-0.05, 0) is 11.5 Å². The first-order valence-corrected chi connectivity index (χ1v) is 2.77. The Morgan fingerprint density at radius 2 is 1.75 bits per heavy atom. The molecule has 0 rings (SSSR count). The molecule has 0 bridgehead atoms. The van der Waals surface area contributed by atoms with Crippen LogP contribution >= 0.6 is 0 Å². The summed E-state index contributed by atoms with van der Waals surface area (Å²) in [6, 6.07) is 3.32. The zero-order valence-corrected chi connectivity index (χ0v) is 5.97. The second-order valence-corrected chi connectivity index (χ2v) is 1.28. The fourth-order valence-corrected chi connectivity index (χ4v) is 0.257. The van der Waals surface area contributed by atoms with Crippen LogP contribution in [0, 0.1) is 28.7 Å². The van der Waals surface area contributed by atoms with Crippen molar-refractivity contribution >= 4 is 0 Å². The SMILES string of the molecule is N#C[C+]=C=C=C=C=C=C=CC#N. The molecule has 0 aliphatic heterocycles. The van der Waals surface area contributed by atoms with Gasteiger partial charge in [-0.15, -0.1) is 0 Å². The summed E-state index contributed by atoms with van der Waals surface area (Å²) in [5.41, 5.74) is 14.0. The predicted octanol–water partition coefficient (Wildman–Crippen LogP) is 1.32. The maximum Gasteiger partial charge on any atom is 0.276 e. The summed E-state index contributed by atoms with van der Waals surface area (Å²) < 4.78 is 0. The van der Waals surface area contributed by atoms with Crippen molar-refractivity contribution in [3.8, 4) is 12.1 Å². The van der Waals surface area contributed by atoms with E-state index in [9.17, 15) is 0 Å². The van der Waals surface area contributed by atoms with Crippen molar-refractivity contribution in [3.05, 3.63) is 46.5 Å². The molecule has 0 aliphatic rings. The van der Waals surface area contributed by atoms with Gasteiger partial charge in [0.1, 0.15) is 11.8 Å². The zero-order chi connectivity index (χ0) is 9.07. The molecule has 0 fully saturated rings. The molecule has 50 valence electrons. The third-order valence-corrected chi connectivity index (χ3v) is 0.577. The number of nitriles is 2. The van der Waals surface area contributed by atoms with E-state index in [0.717, 1.165) is 6.08 Å². The Morgan fingerprint density at radius 1 is 1.00 bits per heavy atom. The normalized spacial score (nSPS) is 3.83. The van der Waals surface area contributed by atoms with Gasteiger partial charge in [-0.25, -0.2) is 0 Å². The Bertz CT molecular complexity index is 413. The maximum atomic E-state index is 8.01. The summed E-state index contributed by atoms with van der Waals surface area (Å²) in [6.45, 7) is 0. The lowest BCUT2D eigenvalue weighted by Gasteiger charge is -1.40. The fourth-order valence-electron chi connectivity index (χ4n) is 0.257. The highest BCUT2D eigenvalue weighted by Crippen LogP contribution is 1.58. The minimum atomic E-state index is 1.12. The van der Waals surface area contributed by atoms with Gasteiger partial charge in [0.25, 0.3) is 12.1 Å². The molecule has 0 spiro atoms. The van der Waals surface area contributed by atoms with Crippen LogP contribution in [-0.4, -0.2) is 0 Å². The van der Waals surface area contributed by atoms with E-state index >= 15 is 0 Å². The van der Waals surface area contributed by atoms with E-state index in [1.54, 1.807) is 12.1 Å².